The van der Waals surface area contributed by atoms with Crippen molar-refractivity contribution in [1.29, 1.82) is 0 Å². The third kappa shape index (κ3) is 3.57. The number of nitrogens with one attached hydrogen (secondary N) is 1. The molecule has 0 saturated heterocycles. The summed E-state index contributed by atoms with van der Waals surface area (Å²) in [6, 6.07) is 5.89. The Morgan fingerprint density at radius 2 is 2.00 bits per heavy atom. The summed E-state index contributed by atoms with van der Waals surface area (Å²) >= 11 is 3.29. The maximum atomic E-state index is 12.7. The van der Waals surface area contributed by atoms with Crippen molar-refractivity contribution in [3.05, 3.63) is 40.6 Å². The van der Waals surface area contributed by atoms with E-state index in [1.54, 1.807) is 18.2 Å². The third-order valence-electron chi connectivity index (χ3n) is 2.66. The van der Waals surface area contributed by atoms with Gasteiger partial charge in [0.25, 0.3) is 0 Å². The highest BCUT2D eigenvalue weighted by molar-refractivity contribution is 9.10. The van der Waals surface area contributed by atoms with Gasteiger partial charge in [-0.25, -0.2) is 4.98 Å². The van der Waals surface area contributed by atoms with Crippen LogP contribution in [0.2, 0.25) is 0 Å². The minimum Gasteiger partial charge on any atom is -0.495 e. The van der Waals surface area contributed by atoms with Gasteiger partial charge in [0, 0.05) is 11.8 Å². The van der Waals surface area contributed by atoms with Gasteiger partial charge in [0.2, 0.25) is 0 Å². The van der Waals surface area contributed by atoms with Crippen molar-refractivity contribution in [1.82, 2.24) is 4.98 Å². The molecule has 8 heteroatoms. The van der Waals surface area contributed by atoms with E-state index >= 15 is 0 Å². The van der Waals surface area contributed by atoms with Crippen LogP contribution in [-0.4, -0.2) is 12.1 Å². The monoisotopic (exact) mass is 361 g/mol. The predicted molar refractivity (Wildman–Crippen MR) is 77.6 cm³/mol. The van der Waals surface area contributed by atoms with E-state index in [-0.39, 0.29) is 11.4 Å². The summed E-state index contributed by atoms with van der Waals surface area (Å²) in [5.41, 5.74) is 5.42. The zero-order valence-electron chi connectivity index (χ0n) is 10.8. The van der Waals surface area contributed by atoms with Gasteiger partial charge in [-0.15, -0.1) is 0 Å². The van der Waals surface area contributed by atoms with E-state index < -0.39 is 11.9 Å². The van der Waals surface area contributed by atoms with Crippen LogP contribution in [0.5, 0.6) is 5.75 Å². The maximum Gasteiger partial charge on any atom is 0.433 e. The quantitative estimate of drug-likeness (QED) is 0.859. The number of alkyl halides is 3. The van der Waals surface area contributed by atoms with Gasteiger partial charge in [0.05, 0.1) is 29.2 Å². The highest BCUT2D eigenvalue weighted by Gasteiger charge is 2.33. The minimum atomic E-state index is -4.53. The number of rotatable bonds is 3. The first-order valence-electron chi connectivity index (χ1n) is 5.74. The van der Waals surface area contributed by atoms with Gasteiger partial charge in [-0.1, -0.05) is 0 Å². The fourth-order valence-electron chi connectivity index (χ4n) is 1.62. The summed E-state index contributed by atoms with van der Waals surface area (Å²) in [5, 5.41) is 2.82. The second-order valence-corrected chi connectivity index (χ2v) is 4.98. The van der Waals surface area contributed by atoms with Crippen LogP contribution < -0.4 is 15.8 Å². The minimum absolute atomic E-state index is 0.116. The van der Waals surface area contributed by atoms with Crippen molar-refractivity contribution in [2.45, 2.75) is 6.18 Å². The Kier molecular flexibility index (Phi) is 4.26. The fourth-order valence-corrected chi connectivity index (χ4v) is 2.03. The Balaban J connectivity index is 2.35. The lowest BCUT2D eigenvalue weighted by atomic mass is 10.2. The SMILES string of the molecule is COc1cc(Nc2cc(C(F)(F)F)ncc2N)ccc1Br. The van der Waals surface area contributed by atoms with E-state index in [1.165, 1.54) is 7.11 Å². The van der Waals surface area contributed by atoms with E-state index in [1.807, 2.05) is 0 Å². The molecular weight excluding hydrogens is 351 g/mol. The van der Waals surface area contributed by atoms with Gasteiger partial charge in [0.1, 0.15) is 11.4 Å². The molecule has 2 aromatic rings. The molecular formula is C13H11BrF3N3O. The molecule has 0 atom stereocenters. The second kappa shape index (κ2) is 5.80. The summed E-state index contributed by atoms with van der Waals surface area (Å²) in [6.07, 6.45) is -3.55. The summed E-state index contributed by atoms with van der Waals surface area (Å²) in [4.78, 5) is 3.28. The number of anilines is 3. The maximum absolute atomic E-state index is 12.7. The van der Waals surface area contributed by atoms with Crippen LogP contribution in [0.1, 0.15) is 5.69 Å². The van der Waals surface area contributed by atoms with Gasteiger partial charge in [-0.05, 0) is 34.1 Å². The van der Waals surface area contributed by atoms with Crippen molar-refractivity contribution in [2.24, 2.45) is 0 Å². The van der Waals surface area contributed by atoms with E-state index in [4.69, 9.17) is 10.5 Å². The smallest absolute Gasteiger partial charge is 0.433 e. The lowest BCUT2D eigenvalue weighted by Gasteiger charge is -2.13. The van der Waals surface area contributed by atoms with Crippen molar-refractivity contribution < 1.29 is 17.9 Å². The predicted octanol–water partition coefficient (Wildman–Crippen LogP) is 4.20. The Morgan fingerprint density at radius 1 is 1.29 bits per heavy atom. The average Bonchev–Trinajstić information content (AvgIpc) is 2.42. The van der Waals surface area contributed by atoms with Crippen molar-refractivity contribution in [3.8, 4) is 5.75 Å². The van der Waals surface area contributed by atoms with Gasteiger partial charge in [-0.3, -0.25) is 0 Å². The molecule has 0 amide bonds. The topological polar surface area (TPSA) is 60.2 Å². The number of hydrogen-bond acceptors (Lipinski definition) is 4. The molecule has 0 spiro atoms. The number of ether oxygens (including phenoxy) is 1. The number of benzene rings is 1. The van der Waals surface area contributed by atoms with Gasteiger partial charge in [0.15, 0.2) is 0 Å². The molecule has 1 heterocycles. The summed E-state index contributed by atoms with van der Waals surface area (Å²) in [5.74, 6) is 0.545. The molecule has 1 aromatic heterocycles. The molecule has 0 aliphatic carbocycles. The standard InChI is InChI=1S/C13H11BrF3N3O/c1-21-11-4-7(2-3-8(11)14)20-10-5-12(13(15,16)17)19-6-9(10)18/h2-6H,18H2,1H3,(H,19,20). The molecule has 0 saturated carbocycles. The largest absolute Gasteiger partial charge is 0.495 e. The normalized spacial score (nSPS) is 11.3. The van der Waals surface area contributed by atoms with E-state index in [0.717, 1.165) is 16.7 Å². The number of hydrogen-bond donors (Lipinski definition) is 2. The summed E-state index contributed by atoms with van der Waals surface area (Å²) in [7, 11) is 1.49. The van der Waals surface area contributed by atoms with Crippen molar-refractivity contribution >= 4 is 33.0 Å². The molecule has 0 fully saturated rings. The first-order chi connectivity index (χ1) is 9.81. The molecule has 3 N–H and O–H groups in total. The Bertz CT molecular complexity index is 662. The number of nitrogens with zero attached hydrogens (tertiary/aromatic N) is 1. The molecule has 0 radical (unpaired) electrons. The molecule has 0 bridgehead atoms. The van der Waals surface area contributed by atoms with Gasteiger partial charge in [-0.2, -0.15) is 13.2 Å². The first-order valence-corrected chi connectivity index (χ1v) is 6.54. The Morgan fingerprint density at radius 3 is 2.62 bits per heavy atom. The highest BCUT2D eigenvalue weighted by atomic mass is 79.9. The van der Waals surface area contributed by atoms with Crippen LogP contribution in [-0.2, 0) is 6.18 Å². The Labute approximate surface area is 127 Å². The van der Waals surface area contributed by atoms with Crippen LogP contribution in [0.15, 0.2) is 34.9 Å². The number of methoxy groups -OCH3 is 1. The molecule has 0 aliphatic heterocycles. The average molecular weight is 362 g/mol. The highest BCUT2D eigenvalue weighted by Crippen LogP contribution is 2.34. The van der Waals surface area contributed by atoms with Crippen LogP contribution >= 0.6 is 15.9 Å². The number of pyridine rings is 1. The van der Waals surface area contributed by atoms with Crippen molar-refractivity contribution in [2.75, 3.05) is 18.2 Å². The molecule has 4 nitrogen and oxygen atoms in total. The molecule has 112 valence electrons. The first kappa shape index (κ1) is 15.4. The van der Waals surface area contributed by atoms with Crippen LogP contribution in [0.4, 0.5) is 30.2 Å². The lowest BCUT2D eigenvalue weighted by molar-refractivity contribution is -0.141. The summed E-state index contributed by atoms with van der Waals surface area (Å²) < 4.78 is 43.8. The summed E-state index contributed by atoms with van der Waals surface area (Å²) in [6.45, 7) is 0. The van der Waals surface area contributed by atoms with E-state index in [9.17, 15) is 13.2 Å². The van der Waals surface area contributed by atoms with Crippen LogP contribution in [0.25, 0.3) is 0 Å². The van der Waals surface area contributed by atoms with E-state index in [0.29, 0.717) is 11.4 Å². The molecule has 1 aromatic carbocycles. The molecule has 0 aliphatic rings. The molecule has 2 rings (SSSR count). The second-order valence-electron chi connectivity index (χ2n) is 4.13. The number of aromatic nitrogens is 1. The van der Waals surface area contributed by atoms with Crippen LogP contribution in [0.3, 0.4) is 0 Å². The molecule has 0 unspecified atom stereocenters. The van der Waals surface area contributed by atoms with Gasteiger partial charge >= 0.3 is 6.18 Å². The number of nitrogens with two attached hydrogens (primary N) is 1. The number of halogens is 4. The number of nitrogen functional groups attached to an aromatic ring is 1. The van der Waals surface area contributed by atoms with E-state index in [2.05, 4.69) is 26.2 Å². The zero-order valence-corrected chi connectivity index (χ0v) is 12.4. The van der Waals surface area contributed by atoms with Gasteiger partial charge < -0.3 is 15.8 Å². The Hall–Kier alpha value is -1.96. The fraction of sp³-hybridized carbons (Fsp3) is 0.154. The zero-order chi connectivity index (χ0) is 15.6. The van der Waals surface area contributed by atoms with Crippen LogP contribution in [0, 0.1) is 0 Å². The van der Waals surface area contributed by atoms with Crippen molar-refractivity contribution in [3.63, 3.8) is 0 Å². The third-order valence-corrected chi connectivity index (χ3v) is 3.31. The molecule has 21 heavy (non-hydrogen) atoms. The lowest BCUT2D eigenvalue weighted by Crippen LogP contribution is -2.09.